The third-order valence-electron chi connectivity index (χ3n) is 3.89. The van der Waals surface area contributed by atoms with Crippen LogP contribution in [0.25, 0.3) is 0 Å². The predicted molar refractivity (Wildman–Crippen MR) is 104 cm³/mol. The highest BCUT2D eigenvalue weighted by molar-refractivity contribution is 6.14. The Labute approximate surface area is 159 Å². The number of rotatable bonds is 6. The number of anilines is 2. The van der Waals surface area contributed by atoms with E-state index in [1.807, 2.05) is 19.9 Å². The van der Waals surface area contributed by atoms with Crippen molar-refractivity contribution in [1.29, 1.82) is 5.26 Å². The first-order valence-corrected chi connectivity index (χ1v) is 8.62. The van der Waals surface area contributed by atoms with Crippen molar-refractivity contribution < 1.29 is 14.3 Å². The van der Waals surface area contributed by atoms with Crippen LogP contribution in [0.1, 0.15) is 33.3 Å². The summed E-state index contributed by atoms with van der Waals surface area (Å²) in [5.41, 5.74) is 0.307. The summed E-state index contributed by atoms with van der Waals surface area (Å²) < 4.78 is 5.57. The lowest BCUT2D eigenvalue weighted by Crippen LogP contribution is -2.41. The minimum atomic E-state index is -1.29. The quantitative estimate of drug-likeness (QED) is 0.758. The maximum Gasteiger partial charge on any atom is 0.239 e. The van der Waals surface area contributed by atoms with Gasteiger partial charge >= 0.3 is 0 Å². The molecule has 6 nitrogen and oxygen atoms in total. The molecule has 0 aliphatic carbocycles. The molecule has 0 spiro atoms. The van der Waals surface area contributed by atoms with E-state index in [2.05, 4.69) is 10.6 Å². The molecule has 6 heteroatoms. The number of nitrogens with one attached hydrogen (secondary N) is 2. The van der Waals surface area contributed by atoms with Crippen LogP contribution in [0.5, 0.6) is 5.75 Å². The highest BCUT2D eigenvalue weighted by Crippen LogP contribution is 2.23. The summed E-state index contributed by atoms with van der Waals surface area (Å²) in [5, 5.41) is 14.3. The Hall–Kier alpha value is -3.33. The Kier molecular flexibility index (Phi) is 6.19. The molecule has 0 saturated heterocycles. The van der Waals surface area contributed by atoms with Crippen molar-refractivity contribution in [3.8, 4) is 11.8 Å². The molecule has 0 unspecified atom stereocenters. The Morgan fingerprint density at radius 2 is 1.37 bits per heavy atom. The van der Waals surface area contributed by atoms with Gasteiger partial charge < -0.3 is 15.4 Å². The molecular formula is C21H23N3O3. The van der Waals surface area contributed by atoms with Gasteiger partial charge in [-0.2, -0.15) is 5.26 Å². The van der Waals surface area contributed by atoms with Gasteiger partial charge in [-0.15, -0.1) is 0 Å². The third kappa shape index (κ3) is 5.32. The molecule has 0 bridgehead atoms. The molecule has 0 heterocycles. The highest BCUT2D eigenvalue weighted by atomic mass is 16.5. The van der Waals surface area contributed by atoms with Gasteiger partial charge in [0.2, 0.25) is 11.8 Å². The van der Waals surface area contributed by atoms with E-state index in [4.69, 9.17) is 10.00 Å². The molecule has 2 amide bonds. The topological polar surface area (TPSA) is 91.2 Å². The smallest absolute Gasteiger partial charge is 0.239 e. The maximum absolute atomic E-state index is 12.6. The Bertz CT molecular complexity index is 848. The fraction of sp³-hybridized carbons (Fsp3) is 0.286. The normalized spacial score (nSPS) is 10.8. The van der Waals surface area contributed by atoms with Crippen LogP contribution in [0.2, 0.25) is 0 Å². The fourth-order valence-electron chi connectivity index (χ4n) is 2.19. The Morgan fingerprint density at radius 1 is 0.926 bits per heavy atom. The van der Waals surface area contributed by atoms with Gasteiger partial charge in [0.1, 0.15) is 11.2 Å². The summed E-state index contributed by atoms with van der Waals surface area (Å²) in [6.45, 7) is 6.98. The van der Waals surface area contributed by atoms with Crippen molar-refractivity contribution in [3.63, 3.8) is 0 Å². The summed E-state index contributed by atoms with van der Waals surface area (Å²) >= 11 is 0. The van der Waals surface area contributed by atoms with Crippen LogP contribution >= 0.6 is 0 Å². The van der Waals surface area contributed by atoms with E-state index in [9.17, 15) is 9.59 Å². The second-order valence-corrected chi connectivity index (χ2v) is 6.91. The number of amides is 2. The summed E-state index contributed by atoms with van der Waals surface area (Å²) in [7, 11) is 0. The van der Waals surface area contributed by atoms with E-state index in [-0.39, 0.29) is 6.10 Å². The minimum absolute atomic E-state index is 0.0651. The van der Waals surface area contributed by atoms with Gasteiger partial charge in [-0.3, -0.25) is 9.59 Å². The first-order valence-electron chi connectivity index (χ1n) is 8.62. The van der Waals surface area contributed by atoms with Crippen LogP contribution in [-0.4, -0.2) is 17.9 Å². The van der Waals surface area contributed by atoms with E-state index in [0.717, 1.165) is 0 Å². The second kappa shape index (κ2) is 8.37. The number of benzene rings is 2. The lowest BCUT2D eigenvalue weighted by Gasteiger charge is -2.23. The van der Waals surface area contributed by atoms with E-state index in [1.54, 1.807) is 62.4 Å². The molecule has 0 atom stereocenters. The van der Waals surface area contributed by atoms with Crippen molar-refractivity contribution in [2.75, 3.05) is 10.6 Å². The molecule has 140 valence electrons. The van der Waals surface area contributed by atoms with E-state index < -0.39 is 17.2 Å². The van der Waals surface area contributed by atoms with Crippen molar-refractivity contribution in [2.45, 2.75) is 33.8 Å². The lowest BCUT2D eigenvalue weighted by atomic mass is 9.90. The van der Waals surface area contributed by atoms with Gasteiger partial charge in [0.15, 0.2) is 0 Å². The molecule has 0 radical (unpaired) electrons. The average Bonchev–Trinajstić information content (AvgIpc) is 2.63. The summed E-state index contributed by atoms with van der Waals surface area (Å²) in [6, 6.07) is 15.4. The first kappa shape index (κ1) is 20.0. The summed E-state index contributed by atoms with van der Waals surface area (Å²) in [6.07, 6.45) is 0.0651. The van der Waals surface area contributed by atoms with Crippen LogP contribution in [-0.2, 0) is 9.59 Å². The summed E-state index contributed by atoms with van der Waals surface area (Å²) in [5.74, 6) is -0.156. The zero-order chi connectivity index (χ0) is 20.0. The molecule has 0 aliphatic heterocycles. The third-order valence-corrected chi connectivity index (χ3v) is 3.89. The molecule has 2 rings (SSSR count). The van der Waals surface area contributed by atoms with Gasteiger partial charge in [-0.25, -0.2) is 0 Å². The Morgan fingerprint density at radius 3 is 1.78 bits per heavy atom. The van der Waals surface area contributed by atoms with Gasteiger partial charge in [-0.05, 0) is 76.2 Å². The molecule has 2 aromatic rings. The first-order chi connectivity index (χ1) is 12.7. The predicted octanol–water partition coefficient (Wildman–Crippen LogP) is 3.95. The van der Waals surface area contributed by atoms with Crippen molar-refractivity contribution >= 4 is 23.2 Å². The maximum atomic E-state index is 12.6. The number of nitrogens with zero attached hydrogens (tertiary/aromatic N) is 1. The highest BCUT2D eigenvalue weighted by Gasteiger charge is 2.36. The largest absolute Gasteiger partial charge is 0.491 e. The number of carbonyl (C=O) groups is 2. The lowest BCUT2D eigenvalue weighted by molar-refractivity contribution is -0.135. The van der Waals surface area contributed by atoms with Gasteiger partial charge in [-0.1, -0.05) is 0 Å². The van der Waals surface area contributed by atoms with Crippen molar-refractivity contribution in [2.24, 2.45) is 5.41 Å². The molecule has 0 fully saturated rings. The van der Waals surface area contributed by atoms with Gasteiger partial charge in [0.25, 0.3) is 0 Å². The number of hydrogen-bond donors (Lipinski definition) is 2. The van der Waals surface area contributed by atoms with Gasteiger partial charge in [0.05, 0.1) is 17.7 Å². The minimum Gasteiger partial charge on any atom is -0.491 e. The summed E-state index contributed by atoms with van der Waals surface area (Å²) in [4.78, 5) is 25.1. The molecule has 0 saturated carbocycles. The second-order valence-electron chi connectivity index (χ2n) is 6.91. The SMILES string of the molecule is CC(C)Oc1ccc(NC(=O)C(C)(C)C(=O)Nc2ccc(C#N)cc2)cc1. The fourth-order valence-corrected chi connectivity index (χ4v) is 2.19. The molecule has 2 N–H and O–H groups in total. The number of nitriles is 1. The van der Waals surface area contributed by atoms with Crippen LogP contribution in [0, 0.1) is 16.7 Å². The van der Waals surface area contributed by atoms with Crippen LogP contribution < -0.4 is 15.4 Å². The zero-order valence-corrected chi connectivity index (χ0v) is 15.9. The number of carbonyl (C=O) groups excluding carboxylic acids is 2. The van der Waals surface area contributed by atoms with Crippen LogP contribution in [0.3, 0.4) is 0 Å². The van der Waals surface area contributed by atoms with Crippen LogP contribution in [0.15, 0.2) is 48.5 Å². The average molecular weight is 365 g/mol. The standard InChI is InChI=1S/C21H23N3O3/c1-14(2)27-18-11-9-17(10-12-18)24-20(26)21(3,4)19(25)23-16-7-5-15(13-22)6-8-16/h5-12,14H,1-4H3,(H,23,25)(H,24,26). The molecule has 0 aromatic heterocycles. The number of hydrogen-bond acceptors (Lipinski definition) is 4. The number of ether oxygens (including phenoxy) is 1. The molecule has 0 aliphatic rings. The molecule has 27 heavy (non-hydrogen) atoms. The zero-order valence-electron chi connectivity index (χ0n) is 15.9. The van der Waals surface area contributed by atoms with Crippen LogP contribution in [0.4, 0.5) is 11.4 Å². The molecular weight excluding hydrogens is 342 g/mol. The van der Waals surface area contributed by atoms with E-state index in [1.165, 1.54) is 0 Å². The van der Waals surface area contributed by atoms with Crippen molar-refractivity contribution in [3.05, 3.63) is 54.1 Å². The van der Waals surface area contributed by atoms with E-state index >= 15 is 0 Å². The monoisotopic (exact) mass is 365 g/mol. The Balaban J connectivity index is 2.02. The van der Waals surface area contributed by atoms with E-state index in [0.29, 0.717) is 22.7 Å². The molecule has 2 aromatic carbocycles. The van der Waals surface area contributed by atoms with Gasteiger partial charge in [0, 0.05) is 11.4 Å². The van der Waals surface area contributed by atoms with Crippen molar-refractivity contribution in [1.82, 2.24) is 0 Å².